The number of pyridine rings is 1. The van der Waals surface area contributed by atoms with Gasteiger partial charge in [-0.25, -0.2) is 4.98 Å². The van der Waals surface area contributed by atoms with Gasteiger partial charge in [-0.1, -0.05) is 11.6 Å². The monoisotopic (exact) mass is 377 g/mol. The Morgan fingerprint density at radius 1 is 1.24 bits per heavy atom. The molecule has 0 spiro atoms. The van der Waals surface area contributed by atoms with Crippen LogP contribution in [-0.4, -0.2) is 21.1 Å². The van der Waals surface area contributed by atoms with Crippen LogP contribution in [0, 0.1) is 0 Å². The molecule has 1 amide bonds. The highest BCUT2D eigenvalue weighted by Gasteiger charge is 2.43. The number of carbonyl (C=O) groups excluding carboxylic acids is 1. The zero-order valence-corrected chi connectivity index (χ0v) is 12.5. The summed E-state index contributed by atoms with van der Waals surface area (Å²) in [6.07, 6.45) is 1.44. The molecule has 0 bridgehead atoms. The number of carbonyl (C=O) groups is 1. The average molecular weight is 379 g/mol. The lowest BCUT2D eigenvalue weighted by Crippen LogP contribution is -2.41. The zero-order chi connectivity index (χ0) is 15.5. The SMILES string of the molecule is O=C(NNc1ccc(Br)cn1)C(F)(F)c1ccc(Cl)nn1. The lowest BCUT2D eigenvalue weighted by atomic mass is 10.2. The molecule has 2 heterocycles. The molecule has 21 heavy (non-hydrogen) atoms. The number of aromatic nitrogens is 3. The molecule has 0 unspecified atom stereocenters. The molecule has 6 nitrogen and oxygen atoms in total. The van der Waals surface area contributed by atoms with Gasteiger partial charge in [-0.15, -0.1) is 10.2 Å². The molecule has 0 saturated heterocycles. The number of rotatable bonds is 4. The van der Waals surface area contributed by atoms with E-state index >= 15 is 0 Å². The van der Waals surface area contributed by atoms with E-state index in [-0.39, 0.29) is 11.0 Å². The second kappa shape index (κ2) is 6.27. The Morgan fingerprint density at radius 2 is 2.00 bits per heavy atom. The van der Waals surface area contributed by atoms with Crippen LogP contribution in [0.2, 0.25) is 5.15 Å². The summed E-state index contributed by atoms with van der Waals surface area (Å²) in [5.41, 5.74) is 3.32. The van der Waals surface area contributed by atoms with Gasteiger partial charge in [0, 0.05) is 10.7 Å². The number of nitrogens with one attached hydrogen (secondary N) is 2. The number of halogens is 4. The van der Waals surface area contributed by atoms with E-state index in [9.17, 15) is 13.6 Å². The highest BCUT2D eigenvalue weighted by Crippen LogP contribution is 2.26. The minimum atomic E-state index is -3.86. The van der Waals surface area contributed by atoms with Crippen molar-refractivity contribution >= 4 is 39.3 Å². The molecule has 110 valence electrons. The third-order valence-electron chi connectivity index (χ3n) is 2.27. The van der Waals surface area contributed by atoms with Crippen molar-refractivity contribution in [2.45, 2.75) is 5.92 Å². The first-order valence-corrected chi connectivity index (χ1v) is 6.62. The van der Waals surface area contributed by atoms with Crippen molar-refractivity contribution < 1.29 is 13.6 Å². The largest absolute Gasteiger partial charge is 0.369 e. The van der Waals surface area contributed by atoms with Crippen LogP contribution >= 0.6 is 27.5 Å². The van der Waals surface area contributed by atoms with Crippen LogP contribution in [0.15, 0.2) is 34.9 Å². The van der Waals surface area contributed by atoms with Crippen LogP contribution in [0.3, 0.4) is 0 Å². The standard InChI is InChI=1S/C11H7BrClF2N5O/c12-6-1-4-9(16-5-6)19-20-10(21)11(14,15)7-2-3-8(13)18-17-7/h1-5H,(H,16,19)(H,20,21). The first kappa shape index (κ1) is 15.5. The topological polar surface area (TPSA) is 79.8 Å². The predicted octanol–water partition coefficient (Wildman–Crippen LogP) is 2.52. The number of hydrogen-bond acceptors (Lipinski definition) is 5. The molecular formula is C11H7BrClF2N5O. The number of nitrogens with zero attached hydrogens (tertiary/aromatic N) is 3. The Kier molecular flexibility index (Phi) is 4.63. The van der Waals surface area contributed by atoms with Gasteiger partial charge in [0.25, 0.3) is 0 Å². The number of hydrogen-bond donors (Lipinski definition) is 2. The van der Waals surface area contributed by atoms with Gasteiger partial charge in [-0.3, -0.25) is 15.6 Å². The molecule has 2 rings (SSSR count). The van der Waals surface area contributed by atoms with E-state index in [1.807, 2.05) is 5.43 Å². The summed E-state index contributed by atoms with van der Waals surface area (Å²) in [4.78, 5) is 15.4. The van der Waals surface area contributed by atoms with Crippen LogP contribution in [0.1, 0.15) is 5.69 Å². The summed E-state index contributed by atoms with van der Waals surface area (Å²) in [6, 6.07) is 5.16. The predicted molar refractivity (Wildman–Crippen MR) is 74.6 cm³/mol. The van der Waals surface area contributed by atoms with Crippen molar-refractivity contribution in [3.63, 3.8) is 0 Å². The van der Waals surface area contributed by atoms with Gasteiger partial charge >= 0.3 is 11.8 Å². The third kappa shape index (κ3) is 3.82. The normalized spacial score (nSPS) is 11.0. The quantitative estimate of drug-likeness (QED) is 0.799. The van der Waals surface area contributed by atoms with Gasteiger partial charge in [0.05, 0.1) is 0 Å². The fourth-order valence-corrected chi connectivity index (χ4v) is 1.58. The molecule has 0 aliphatic carbocycles. The maximum Gasteiger partial charge on any atom is 0.369 e. The molecule has 0 radical (unpaired) electrons. The summed E-state index contributed by atoms with van der Waals surface area (Å²) in [6.45, 7) is 0. The lowest BCUT2D eigenvalue weighted by Gasteiger charge is -2.15. The van der Waals surface area contributed by atoms with Crippen molar-refractivity contribution in [1.82, 2.24) is 20.6 Å². The van der Waals surface area contributed by atoms with Crippen molar-refractivity contribution in [1.29, 1.82) is 0 Å². The van der Waals surface area contributed by atoms with Crippen LogP contribution in [-0.2, 0) is 10.7 Å². The Labute approximate surface area is 131 Å². The van der Waals surface area contributed by atoms with E-state index in [1.165, 1.54) is 12.3 Å². The first-order valence-electron chi connectivity index (χ1n) is 5.45. The number of hydrazine groups is 1. The third-order valence-corrected chi connectivity index (χ3v) is 2.94. The maximum absolute atomic E-state index is 13.8. The van der Waals surface area contributed by atoms with Gasteiger partial charge < -0.3 is 0 Å². The molecule has 0 atom stereocenters. The zero-order valence-electron chi connectivity index (χ0n) is 10.1. The van der Waals surface area contributed by atoms with Crippen molar-refractivity contribution in [3.8, 4) is 0 Å². The minimum Gasteiger partial charge on any atom is -0.282 e. The van der Waals surface area contributed by atoms with Gasteiger partial charge in [0.15, 0.2) is 5.15 Å². The highest BCUT2D eigenvalue weighted by molar-refractivity contribution is 9.10. The second-order valence-corrected chi connectivity index (χ2v) is 5.06. The number of anilines is 1. The van der Waals surface area contributed by atoms with Crippen LogP contribution < -0.4 is 10.9 Å². The van der Waals surface area contributed by atoms with E-state index < -0.39 is 17.5 Å². The molecule has 0 aliphatic rings. The van der Waals surface area contributed by atoms with Crippen molar-refractivity contribution in [3.05, 3.63) is 45.8 Å². The molecule has 0 aliphatic heterocycles. The number of alkyl halides is 2. The van der Waals surface area contributed by atoms with Crippen LogP contribution in [0.5, 0.6) is 0 Å². The Morgan fingerprint density at radius 3 is 2.57 bits per heavy atom. The Balaban J connectivity index is 2.04. The van der Waals surface area contributed by atoms with E-state index in [0.29, 0.717) is 4.47 Å². The molecule has 0 fully saturated rings. The van der Waals surface area contributed by atoms with E-state index in [0.717, 1.165) is 12.1 Å². The van der Waals surface area contributed by atoms with Crippen molar-refractivity contribution in [2.24, 2.45) is 0 Å². The number of amides is 1. The van der Waals surface area contributed by atoms with Crippen molar-refractivity contribution in [2.75, 3.05) is 5.43 Å². The molecule has 2 aromatic heterocycles. The molecule has 0 saturated carbocycles. The molecule has 0 aromatic carbocycles. The Bertz CT molecular complexity index is 638. The molecule has 2 N–H and O–H groups in total. The molecule has 10 heteroatoms. The van der Waals surface area contributed by atoms with E-state index in [2.05, 4.69) is 36.5 Å². The van der Waals surface area contributed by atoms with E-state index in [4.69, 9.17) is 11.6 Å². The van der Waals surface area contributed by atoms with E-state index in [1.54, 1.807) is 6.07 Å². The van der Waals surface area contributed by atoms with Gasteiger partial charge in [-0.05, 0) is 40.2 Å². The smallest absolute Gasteiger partial charge is 0.282 e. The second-order valence-electron chi connectivity index (χ2n) is 3.76. The summed E-state index contributed by atoms with van der Waals surface area (Å²) < 4.78 is 28.4. The molecule has 2 aromatic rings. The van der Waals surface area contributed by atoms with Gasteiger partial charge in [0.1, 0.15) is 11.5 Å². The average Bonchev–Trinajstić information content (AvgIpc) is 2.46. The molecular weight excluding hydrogens is 372 g/mol. The Hall–Kier alpha value is -1.87. The fraction of sp³-hybridized carbons (Fsp3) is 0.0909. The fourth-order valence-electron chi connectivity index (χ4n) is 1.25. The summed E-state index contributed by atoms with van der Waals surface area (Å²) >= 11 is 8.62. The summed E-state index contributed by atoms with van der Waals surface area (Å²) in [5, 5.41) is 6.42. The summed E-state index contributed by atoms with van der Waals surface area (Å²) in [7, 11) is 0. The summed E-state index contributed by atoms with van der Waals surface area (Å²) in [5.74, 6) is -5.26. The first-order chi connectivity index (χ1) is 9.89. The maximum atomic E-state index is 13.8. The highest BCUT2D eigenvalue weighted by atomic mass is 79.9. The lowest BCUT2D eigenvalue weighted by molar-refractivity contribution is -0.147. The minimum absolute atomic E-state index is 0.0489. The van der Waals surface area contributed by atoms with Crippen LogP contribution in [0.25, 0.3) is 0 Å². The van der Waals surface area contributed by atoms with Crippen LogP contribution in [0.4, 0.5) is 14.6 Å². The van der Waals surface area contributed by atoms with Gasteiger partial charge in [0.2, 0.25) is 0 Å². The van der Waals surface area contributed by atoms with Gasteiger partial charge in [-0.2, -0.15) is 8.78 Å².